The third-order valence-electron chi connectivity index (χ3n) is 3.24. The van der Waals surface area contributed by atoms with Crippen LogP contribution in [0.3, 0.4) is 0 Å². The summed E-state index contributed by atoms with van der Waals surface area (Å²) in [5.74, 6) is 0. The van der Waals surface area contributed by atoms with Crippen LogP contribution in [0.4, 0.5) is 0 Å². The van der Waals surface area contributed by atoms with Crippen LogP contribution in [-0.2, 0) is 4.74 Å². The second-order valence-corrected chi connectivity index (χ2v) is 5.24. The summed E-state index contributed by atoms with van der Waals surface area (Å²) in [5.41, 5.74) is 0.741. The first kappa shape index (κ1) is 12.7. The van der Waals surface area contributed by atoms with E-state index in [9.17, 15) is 15.0 Å². The largest absolute Gasteiger partial charge is 0.394 e. The van der Waals surface area contributed by atoms with Crippen molar-refractivity contribution in [2.24, 2.45) is 0 Å². The van der Waals surface area contributed by atoms with Gasteiger partial charge in [-0.15, -0.1) is 11.3 Å². The van der Waals surface area contributed by atoms with E-state index >= 15 is 0 Å². The number of fused-ring (bicyclic) bond motifs is 1. The molecule has 1 fully saturated rings. The number of nitrogens with zero attached hydrogens (tertiary/aromatic N) is 1. The number of hydrogen-bond donors (Lipinski definition) is 4. The van der Waals surface area contributed by atoms with Gasteiger partial charge in [-0.3, -0.25) is 4.79 Å². The van der Waals surface area contributed by atoms with E-state index in [4.69, 9.17) is 9.84 Å². The maximum Gasteiger partial charge on any atom is 0.268 e. The second-order valence-electron chi connectivity index (χ2n) is 4.36. The molecule has 3 heterocycles. The summed E-state index contributed by atoms with van der Waals surface area (Å²) >= 11 is 1.20. The molecule has 4 atom stereocenters. The number of ether oxygens (including phenoxy) is 1. The van der Waals surface area contributed by atoms with E-state index in [2.05, 4.69) is 9.97 Å². The number of thiophene rings is 1. The van der Waals surface area contributed by atoms with Crippen molar-refractivity contribution in [2.45, 2.75) is 24.4 Å². The molecule has 1 saturated heterocycles. The van der Waals surface area contributed by atoms with Gasteiger partial charge in [0.1, 0.15) is 29.1 Å². The van der Waals surface area contributed by atoms with Crippen LogP contribution in [0.5, 0.6) is 0 Å². The van der Waals surface area contributed by atoms with Gasteiger partial charge in [-0.2, -0.15) is 0 Å². The van der Waals surface area contributed by atoms with E-state index in [1.165, 1.54) is 17.7 Å². The number of aliphatic hydroxyl groups excluding tert-OH is 3. The van der Waals surface area contributed by atoms with Crippen molar-refractivity contribution >= 4 is 21.6 Å². The second kappa shape index (κ2) is 4.66. The summed E-state index contributed by atoms with van der Waals surface area (Å²) in [6, 6.07) is 0. The highest BCUT2D eigenvalue weighted by Gasteiger charge is 2.44. The fourth-order valence-corrected chi connectivity index (χ4v) is 3.18. The van der Waals surface area contributed by atoms with Crippen molar-refractivity contribution in [2.75, 3.05) is 6.61 Å². The molecule has 0 aromatic carbocycles. The summed E-state index contributed by atoms with van der Waals surface area (Å²) in [4.78, 5) is 18.1. The molecule has 0 bridgehead atoms. The summed E-state index contributed by atoms with van der Waals surface area (Å²) in [6.07, 6.45) is -2.67. The maximum absolute atomic E-state index is 11.6. The number of H-pyrrole nitrogens is 1. The molecule has 0 radical (unpaired) electrons. The number of aromatic amines is 1. The molecular weight excluding hydrogens is 272 g/mol. The maximum atomic E-state index is 11.6. The van der Waals surface area contributed by atoms with Crippen molar-refractivity contribution < 1.29 is 20.1 Å². The van der Waals surface area contributed by atoms with Crippen LogP contribution < -0.4 is 5.56 Å². The van der Waals surface area contributed by atoms with Gasteiger partial charge in [-0.25, -0.2) is 4.98 Å². The van der Waals surface area contributed by atoms with E-state index in [0.717, 1.165) is 0 Å². The molecule has 0 amide bonds. The predicted octanol–water partition coefficient (Wildman–Crippen LogP) is -0.861. The van der Waals surface area contributed by atoms with E-state index in [1.807, 2.05) is 0 Å². The molecule has 0 unspecified atom stereocenters. The smallest absolute Gasteiger partial charge is 0.268 e. The van der Waals surface area contributed by atoms with E-state index in [1.54, 1.807) is 5.38 Å². The van der Waals surface area contributed by atoms with Crippen molar-refractivity contribution in [1.82, 2.24) is 9.97 Å². The van der Waals surface area contributed by atoms with Crippen LogP contribution in [0.15, 0.2) is 16.5 Å². The zero-order chi connectivity index (χ0) is 13.6. The third-order valence-corrected chi connectivity index (χ3v) is 4.22. The average Bonchev–Trinajstić information content (AvgIpc) is 2.94. The van der Waals surface area contributed by atoms with E-state index in [0.29, 0.717) is 15.8 Å². The van der Waals surface area contributed by atoms with Gasteiger partial charge in [0, 0.05) is 5.56 Å². The van der Waals surface area contributed by atoms with Crippen molar-refractivity contribution in [1.29, 1.82) is 0 Å². The van der Waals surface area contributed by atoms with Gasteiger partial charge < -0.3 is 25.0 Å². The average molecular weight is 284 g/mol. The molecule has 0 spiro atoms. The first-order valence-corrected chi connectivity index (χ1v) is 6.58. The molecule has 8 heteroatoms. The molecule has 1 aliphatic heterocycles. The van der Waals surface area contributed by atoms with Gasteiger partial charge in [0.2, 0.25) is 0 Å². The lowest BCUT2D eigenvalue weighted by Crippen LogP contribution is -2.32. The van der Waals surface area contributed by atoms with Crippen LogP contribution >= 0.6 is 11.3 Å². The molecule has 7 nitrogen and oxygen atoms in total. The Hall–Kier alpha value is -1.32. The molecule has 2 aromatic rings. The summed E-state index contributed by atoms with van der Waals surface area (Å²) < 4.78 is 5.87. The number of aliphatic hydroxyl groups is 3. The Balaban J connectivity index is 2.06. The highest BCUT2D eigenvalue weighted by Crippen LogP contribution is 2.37. The minimum Gasteiger partial charge on any atom is -0.394 e. The van der Waals surface area contributed by atoms with Gasteiger partial charge >= 0.3 is 0 Å². The Morgan fingerprint density at radius 1 is 1.42 bits per heavy atom. The van der Waals surface area contributed by atoms with Crippen LogP contribution in [0.1, 0.15) is 11.7 Å². The lowest BCUT2D eigenvalue weighted by Gasteiger charge is -2.13. The Kier molecular flexibility index (Phi) is 3.11. The highest BCUT2D eigenvalue weighted by molar-refractivity contribution is 7.17. The van der Waals surface area contributed by atoms with Gasteiger partial charge in [0.05, 0.1) is 18.5 Å². The molecule has 4 N–H and O–H groups in total. The SMILES string of the molecule is O=c1[nH]cnc2c([C@@H]3O[C@H](CO)[C@@H](O)[C@@H]3O)csc12. The number of rotatable bonds is 2. The lowest BCUT2D eigenvalue weighted by molar-refractivity contribution is -0.0223. The summed E-state index contributed by atoms with van der Waals surface area (Å²) in [6.45, 7) is -0.384. The summed E-state index contributed by atoms with van der Waals surface area (Å²) in [7, 11) is 0. The van der Waals surface area contributed by atoms with Gasteiger partial charge in [0.25, 0.3) is 5.56 Å². The normalized spacial score (nSPS) is 31.1. The fraction of sp³-hybridized carbons (Fsp3) is 0.455. The molecule has 102 valence electrons. The molecule has 0 aliphatic carbocycles. The van der Waals surface area contributed by atoms with E-state index < -0.39 is 24.4 Å². The number of hydrogen-bond acceptors (Lipinski definition) is 7. The molecule has 1 aliphatic rings. The number of nitrogens with one attached hydrogen (secondary N) is 1. The summed E-state index contributed by atoms with van der Waals surface area (Å²) in [5, 5.41) is 30.4. The molecular formula is C11H12N2O5S. The minimum atomic E-state index is -1.16. The monoisotopic (exact) mass is 284 g/mol. The third kappa shape index (κ3) is 1.88. The lowest BCUT2D eigenvalue weighted by atomic mass is 10.0. The minimum absolute atomic E-state index is 0.256. The van der Waals surface area contributed by atoms with Crippen LogP contribution in [-0.4, -0.2) is 50.2 Å². The Bertz CT molecular complexity index is 654. The zero-order valence-corrected chi connectivity index (χ0v) is 10.5. The van der Waals surface area contributed by atoms with Crippen LogP contribution in [0.25, 0.3) is 10.2 Å². The van der Waals surface area contributed by atoms with Gasteiger partial charge in [-0.05, 0) is 5.38 Å². The molecule has 19 heavy (non-hydrogen) atoms. The van der Waals surface area contributed by atoms with Crippen molar-refractivity contribution in [3.05, 3.63) is 27.6 Å². The Morgan fingerprint density at radius 3 is 2.89 bits per heavy atom. The number of aromatic nitrogens is 2. The first-order valence-electron chi connectivity index (χ1n) is 5.70. The Labute approximate surface area is 111 Å². The quantitative estimate of drug-likeness (QED) is 0.570. The zero-order valence-electron chi connectivity index (χ0n) is 9.68. The van der Waals surface area contributed by atoms with Gasteiger partial charge in [0.15, 0.2) is 0 Å². The fourth-order valence-electron chi connectivity index (χ4n) is 2.24. The predicted molar refractivity (Wildman–Crippen MR) is 67.0 cm³/mol. The Morgan fingerprint density at radius 2 is 2.21 bits per heavy atom. The van der Waals surface area contributed by atoms with Crippen molar-refractivity contribution in [3.63, 3.8) is 0 Å². The first-order chi connectivity index (χ1) is 9.13. The van der Waals surface area contributed by atoms with Crippen LogP contribution in [0.2, 0.25) is 0 Å². The van der Waals surface area contributed by atoms with E-state index in [-0.39, 0.29) is 12.2 Å². The molecule has 2 aromatic heterocycles. The van der Waals surface area contributed by atoms with Gasteiger partial charge in [-0.1, -0.05) is 0 Å². The van der Waals surface area contributed by atoms with Crippen molar-refractivity contribution in [3.8, 4) is 0 Å². The highest BCUT2D eigenvalue weighted by atomic mass is 32.1. The standard InChI is InChI=1S/C11H12N2O5S/c14-1-5-7(15)8(16)9(18-5)4-2-19-10-6(4)12-3-13-11(10)17/h2-3,5,7-9,14-16H,1H2,(H,12,13,17)/t5-,7-,8+,9+/m1/s1. The topological polar surface area (TPSA) is 116 Å². The molecule has 0 saturated carbocycles. The van der Waals surface area contributed by atoms with Crippen LogP contribution in [0, 0.1) is 0 Å². The molecule has 3 rings (SSSR count).